The number of amides is 2. The lowest BCUT2D eigenvalue weighted by Crippen LogP contribution is -2.53. The molecule has 1 atom stereocenters. The number of anilines is 1. The fourth-order valence-electron chi connectivity index (χ4n) is 5.13. The molecule has 248 valence electrons. The molecular weight excluding hydrogens is 614 g/mol. The summed E-state index contributed by atoms with van der Waals surface area (Å²) in [5.41, 5.74) is 2.67. The molecule has 4 rings (SSSR count). The van der Waals surface area contributed by atoms with E-state index in [1.54, 1.807) is 55.6 Å². The highest BCUT2D eigenvalue weighted by atomic mass is 32.2. The lowest BCUT2D eigenvalue weighted by atomic mass is 10.0. The van der Waals surface area contributed by atoms with Crippen molar-refractivity contribution < 1.29 is 27.5 Å². The van der Waals surface area contributed by atoms with Crippen LogP contribution in [0.15, 0.2) is 108 Å². The lowest BCUT2D eigenvalue weighted by molar-refractivity contribution is -0.140. The number of hydrogen-bond acceptors (Lipinski definition) is 6. The molecule has 0 spiro atoms. The molecule has 0 saturated heterocycles. The molecule has 0 fully saturated rings. The number of methoxy groups -OCH3 is 2. The number of nitrogens with one attached hydrogen (secondary N) is 1. The lowest BCUT2D eigenvalue weighted by Gasteiger charge is -2.34. The van der Waals surface area contributed by atoms with E-state index in [2.05, 4.69) is 5.32 Å². The maximum absolute atomic E-state index is 14.7. The third-order valence-corrected chi connectivity index (χ3v) is 9.46. The molecule has 0 saturated carbocycles. The van der Waals surface area contributed by atoms with Gasteiger partial charge in [0.1, 0.15) is 24.1 Å². The summed E-state index contributed by atoms with van der Waals surface area (Å²) in [4.78, 5) is 30.1. The molecule has 0 aliphatic carbocycles. The van der Waals surface area contributed by atoms with Crippen LogP contribution < -0.4 is 19.1 Å². The molecule has 1 unspecified atom stereocenters. The van der Waals surface area contributed by atoms with Gasteiger partial charge < -0.3 is 19.7 Å². The van der Waals surface area contributed by atoms with Crippen LogP contribution in [0.5, 0.6) is 11.5 Å². The maximum Gasteiger partial charge on any atom is 0.264 e. The first-order chi connectivity index (χ1) is 22.5. The Morgan fingerprint density at radius 2 is 1.47 bits per heavy atom. The predicted octanol–water partition coefficient (Wildman–Crippen LogP) is 5.62. The molecule has 4 aromatic carbocycles. The minimum Gasteiger partial charge on any atom is -0.497 e. The summed E-state index contributed by atoms with van der Waals surface area (Å²) in [6, 6.07) is 28.9. The van der Waals surface area contributed by atoms with E-state index < -0.39 is 28.5 Å². The maximum atomic E-state index is 14.7. The van der Waals surface area contributed by atoms with Crippen molar-refractivity contribution >= 4 is 27.5 Å². The number of nitrogens with zero attached hydrogens (tertiary/aromatic N) is 2. The second kappa shape index (κ2) is 16.1. The Hall–Kier alpha value is -4.83. The third kappa shape index (κ3) is 9.13. The molecule has 10 heteroatoms. The van der Waals surface area contributed by atoms with Gasteiger partial charge in [-0.3, -0.25) is 13.9 Å². The first-order valence-electron chi connectivity index (χ1n) is 15.5. The van der Waals surface area contributed by atoms with E-state index in [1.807, 2.05) is 63.2 Å². The van der Waals surface area contributed by atoms with Crippen LogP contribution in [0.25, 0.3) is 0 Å². The summed E-state index contributed by atoms with van der Waals surface area (Å²) < 4.78 is 40.6. The molecule has 1 N–H and O–H groups in total. The van der Waals surface area contributed by atoms with Gasteiger partial charge in [-0.2, -0.15) is 0 Å². The van der Waals surface area contributed by atoms with Crippen LogP contribution in [-0.4, -0.2) is 58.5 Å². The molecule has 2 amide bonds. The fraction of sp³-hybridized carbons (Fsp3) is 0.297. The fourth-order valence-corrected chi connectivity index (χ4v) is 6.56. The summed E-state index contributed by atoms with van der Waals surface area (Å²) in [6.07, 6.45) is 0.222. The van der Waals surface area contributed by atoms with Crippen molar-refractivity contribution in [2.75, 3.05) is 31.6 Å². The molecule has 0 aromatic heterocycles. The first-order valence-corrected chi connectivity index (χ1v) is 16.9. The van der Waals surface area contributed by atoms with Gasteiger partial charge in [0.05, 0.1) is 24.8 Å². The minimum atomic E-state index is -4.26. The van der Waals surface area contributed by atoms with Crippen LogP contribution in [0.3, 0.4) is 0 Å². The SMILES string of the molecule is COc1cccc(CN(C(=O)CN(c2ccccc2OC)S(=O)(=O)c2ccc(C)cc2)C(Cc2ccccc2)C(=O)NCC(C)C)c1. The Balaban J connectivity index is 1.83. The van der Waals surface area contributed by atoms with Gasteiger partial charge in [-0.1, -0.05) is 86.1 Å². The van der Waals surface area contributed by atoms with E-state index >= 15 is 0 Å². The Morgan fingerprint density at radius 1 is 0.809 bits per heavy atom. The zero-order valence-electron chi connectivity index (χ0n) is 27.6. The van der Waals surface area contributed by atoms with Crippen LogP contribution in [0.2, 0.25) is 0 Å². The molecule has 0 heterocycles. The van der Waals surface area contributed by atoms with E-state index in [9.17, 15) is 18.0 Å². The zero-order valence-corrected chi connectivity index (χ0v) is 28.4. The van der Waals surface area contributed by atoms with E-state index in [-0.39, 0.29) is 41.1 Å². The van der Waals surface area contributed by atoms with Gasteiger partial charge in [-0.25, -0.2) is 8.42 Å². The third-order valence-electron chi connectivity index (χ3n) is 7.68. The Labute approximate surface area is 278 Å². The molecule has 47 heavy (non-hydrogen) atoms. The highest BCUT2D eigenvalue weighted by molar-refractivity contribution is 7.92. The summed E-state index contributed by atoms with van der Waals surface area (Å²) in [6.45, 7) is 5.72. The normalized spacial score (nSPS) is 11.9. The van der Waals surface area contributed by atoms with Gasteiger partial charge in [0, 0.05) is 19.5 Å². The van der Waals surface area contributed by atoms with Crippen LogP contribution in [0, 0.1) is 12.8 Å². The van der Waals surface area contributed by atoms with Crippen molar-refractivity contribution in [2.24, 2.45) is 5.92 Å². The van der Waals surface area contributed by atoms with Gasteiger partial charge in [0.15, 0.2) is 0 Å². The number of carbonyl (C=O) groups excluding carboxylic acids is 2. The number of carbonyl (C=O) groups is 2. The van der Waals surface area contributed by atoms with Crippen LogP contribution in [0.4, 0.5) is 5.69 Å². The highest BCUT2D eigenvalue weighted by Crippen LogP contribution is 2.33. The van der Waals surface area contributed by atoms with Crippen molar-refractivity contribution in [2.45, 2.75) is 44.7 Å². The number of ether oxygens (including phenoxy) is 2. The standard InChI is InChI=1S/C37H43N3O6S/c1-27(2)24-38-37(42)34(23-29-12-7-6-8-13-29)39(25-30-14-11-15-31(22-30)45-4)36(41)26-40(33-16-9-10-17-35(33)46-5)47(43,44)32-20-18-28(3)19-21-32/h6-22,27,34H,23-26H2,1-5H3,(H,38,42). The predicted molar refractivity (Wildman–Crippen MR) is 184 cm³/mol. The van der Waals surface area contributed by atoms with E-state index in [0.29, 0.717) is 12.3 Å². The average molecular weight is 658 g/mol. The smallest absolute Gasteiger partial charge is 0.264 e. The van der Waals surface area contributed by atoms with Gasteiger partial charge in [0.2, 0.25) is 11.8 Å². The summed E-state index contributed by atoms with van der Waals surface area (Å²) in [5, 5.41) is 3.00. The van der Waals surface area contributed by atoms with Crippen molar-refractivity contribution in [3.8, 4) is 11.5 Å². The van der Waals surface area contributed by atoms with Gasteiger partial charge >= 0.3 is 0 Å². The quantitative estimate of drug-likeness (QED) is 0.178. The Morgan fingerprint density at radius 3 is 2.13 bits per heavy atom. The van der Waals surface area contributed by atoms with Crippen molar-refractivity contribution in [3.05, 3.63) is 120 Å². The summed E-state index contributed by atoms with van der Waals surface area (Å²) in [5.74, 6) is 0.167. The van der Waals surface area contributed by atoms with Crippen LogP contribution in [0.1, 0.15) is 30.5 Å². The van der Waals surface area contributed by atoms with E-state index in [4.69, 9.17) is 9.47 Å². The van der Waals surface area contributed by atoms with Gasteiger partial charge in [-0.05, 0) is 60.4 Å². The number of hydrogen-bond donors (Lipinski definition) is 1. The topological polar surface area (TPSA) is 105 Å². The molecule has 0 aliphatic heterocycles. The van der Waals surface area contributed by atoms with E-state index in [0.717, 1.165) is 21.0 Å². The molecule has 0 radical (unpaired) electrons. The first kappa shape index (κ1) is 35.0. The number of benzene rings is 4. The van der Waals surface area contributed by atoms with Crippen molar-refractivity contribution in [1.29, 1.82) is 0 Å². The minimum absolute atomic E-state index is 0.0247. The zero-order chi connectivity index (χ0) is 34.0. The van der Waals surface area contributed by atoms with E-state index in [1.165, 1.54) is 24.1 Å². The number of rotatable bonds is 15. The molecule has 0 aliphatic rings. The second-order valence-electron chi connectivity index (χ2n) is 11.7. The van der Waals surface area contributed by atoms with Crippen molar-refractivity contribution in [3.63, 3.8) is 0 Å². The number of sulfonamides is 1. The summed E-state index contributed by atoms with van der Waals surface area (Å²) in [7, 11) is -1.25. The number of aryl methyl sites for hydroxylation is 1. The van der Waals surface area contributed by atoms with Gasteiger partial charge in [-0.15, -0.1) is 0 Å². The Kier molecular flexibility index (Phi) is 12.0. The average Bonchev–Trinajstić information content (AvgIpc) is 3.08. The second-order valence-corrected chi connectivity index (χ2v) is 13.6. The molecule has 0 bridgehead atoms. The van der Waals surface area contributed by atoms with Crippen LogP contribution >= 0.6 is 0 Å². The highest BCUT2D eigenvalue weighted by Gasteiger charge is 2.35. The van der Waals surface area contributed by atoms with Crippen molar-refractivity contribution in [1.82, 2.24) is 10.2 Å². The summed E-state index contributed by atoms with van der Waals surface area (Å²) >= 11 is 0. The molecule has 4 aromatic rings. The molecule has 9 nitrogen and oxygen atoms in total. The Bertz CT molecular complexity index is 1740. The monoisotopic (exact) mass is 657 g/mol. The largest absolute Gasteiger partial charge is 0.497 e. The number of para-hydroxylation sites is 2. The van der Waals surface area contributed by atoms with Gasteiger partial charge in [0.25, 0.3) is 10.0 Å². The molecular formula is C37H43N3O6S. The van der Waals surface area contributed by atoms with Crippen LogP contribution in [-0.2, 0) is 32.6 Å².